The maximum Gasteiger partial charge on any atom is 0.255 e. The number of carbonyl (C=O) groups excluding carboxylic acids is 2. The summed E-state index contributed by atoms with van der Waals surface area (Å²) in [5.74, 6) is -0.999. The summed E-state index contributed by atoms with van der Waals surface area (Å²) in [6, 6.07) is 6.68. The zero-order valence-corrected chi connectivity index (χ0v) is 34.0. The first-order valence-electron chi connectivity index (χ1n) is 19.9. The third-order valence-corrected chi connectivity index (χ3v) is 12.1. The van der Waals surface area contributed by atoms with Crippen LogP contribution >= 0.6 is 0 Å². The number of rotatable bonds is 6. The third-order valence-electron chi connectivity index (χ3n) is 12.1. The average molecular weight is 853 g/mol. The molecule has 2 fully saturated rings. The van der Waals surface area contributed by atoms with Crippen LogP contribution in [0.4, 0.5) is 40.6 Å². The number of likely N-dealkylation sites (N-methyl/N-ethyl adjacent to an activating group) is 2. The van der Waals surface area contributed by atoms with Crippen LogP contribution in [0.1, 0.15) is 26.7 Å². The summed E-state index contributed by atoms with van der Waals surface area (Å²) in [4.78, 5) is 51.8. The Bertz CT molecular complexity index is 2550. The number of aromatic nitrogens is 8. The van der Waals surface area contributed by atoms with Gasteiger partial charge in [0.05, 0.1) is 73.7 Å². The minimum atomic E-state index is -0.825. The lowest BCUT2D eigenvalue weighted by Crippen LogP contribution is -2.68. The predicted octanol–water partition coefficient (Wildman–Crippen LogP) is 5.55. The molecule has 0 saturated carbocycles. The first kappa shape index (κ1) is 40.6. The van der Waals surface area contributed by atoms with Gasteiger partial charge >= 0.3 is 0 Å². The molecule has 4 aliphatic heterocycles. The minimum Gasteiger partial charge on any atom is -0.377 e. The highest BCUT2D eigenvalue weighted by molar-refractivity contribution is 6.08. The maximum absolute atomic E-state index is 14.4. The van der Waals surface area contributed by atoms with E-state index in [4.69, 9.17) is 19.4 Å². The molecule has 0 aliphatic carbocycles. The summed E-state index contributed by atoms with van der Waals surface area (Å²) in [5.41, 5.74) is 1.51. The number of halogens is 4. The lowest BCUT2D eigenvalue weighted by Gasteiger charge is -2.51. The summed E-state index contributed by atoms with van der Waals surface area (Å²) >= 11 is 0. The minimum absolute atomic E-state index is 0.0593. The van der Waals surface area contributed by atoms with Crippen LogP contribution in [0.2, 0.25) is 0 Å². The van der Waals surface area contributed by atoms with Crippen molar-refractivity contribution in [3.8, 4) is 45.3 Å². The van der Waals surface area contributed by atoms with Gasteiger partial charge in [-0.2, -0.15) is 10.2 Å². The molecule has 0 radical (unpaired) electrons. The second-order valence-electron chi connectivity index (χ2n) is 15.3. The fourth-order valence-electron chi connectivity index (χ4n) is 8.65. The summed E-state index contributed by atoms with van der Waals surface area (Å²) in [6.07, 6.45) is 7.30. The van der Waals surface area contributed by atoms with Crippen LogP contribution in [-0.2, 0) is 19.1 Å². The normalized spacial score (nSPS) is 20.6. The Morgan fingerprint density at radius 3 is 1.44 bits per heavy atom. The number of morpholine rings is 2. The summed E-state index contributed by atoms with van der Waals surface area (Å²) in [7, 11) is 3.40. The second-order valence-corrected chi connectivity index (χ2v) is 15.3. The molecule has 4 aromatic heterocycles. The fourth-order valence-corrected chi connectivity index (χ4v) is 8.65. The molecular formula is C42H40F4N12O4. The molecule has 62 heavy (non-hydrogen) atoms. The van der Waals surface area contributed by atoms with E-state index in [1.54, 1.807) is 36.3 Å². The summed E-state index contributed by atoms with van der Waals surface area (Å²) in [6.45, 7) is 6.46. The molecule has 6 aromatic rings. The molecular weight excluding hydrogens is 813 g/mol. The van der Waals surface area contributed by atoms with Crippen molar-refractivity contribution in [3.05, 3.63) is 84.5 Å². The molecule has 10 rings (SSSR count). The monoisotopic (exact) mass is 852 g/mol. The van der Waals surface area contributed by atoms with Crippen LogP contribution in [0.5, 0.6) is 0 Å². The number of benzene rings is 2. The molecule has 320 valence electrons. The lowest BCUT2D eigenvalue weighted by atomic mass is 9.89. The van der Waals surface area contributed by atoms with Gasteiger partial charge in [-0.1, -0.05) is 13.8 Å². The van der Waals surface area contributed by atoms with Crippen LogP contribution in [0.25, 0.3) is 45.3 Å². The van der Waals surface area contributed by atoms with E-state index < -0.39 is 34.3 Å². The van der Waals surface area contributed by atoms with Crippen LogP contribution < -0.4 is 19.6 Å². The number of anilines is 4. The highest BCUT2D eigenvalue weighted by Crippen LogP contribution is 2.44. The van der Waals surface area contributed by atoms with E-state index in [2.05, 4.69) is 30.4 Å². The molecule has 4 aliphatic rings. The average Bonchev–Trinajstić information content (AvgIpc) is 3.98. The Balaban J connectivity index is 0.000000158. The number of aromatic amines is 2. The fraction of sp³-hybridized carbons (Fsp3) is 0.333. The van der Waals surface area contributed by atoms with E-state index in [9.17, 15) is 27.2 Å². The van der Waals surface area contributed by atoms with E-state index in [1.165, 1.54) is 36.7 Å². The van der Waals surface area contributed by atoms with Gasteiger partial charge in [-0.05, 0) is 37.1 Å². The van der Waals surface area contributed by atoms with Crippen LogP contribution in [0.15, 0.2) is 61.2 Å². The van der Waals surface area contributed by atoms with Gasteiger partial charge in [-0.3, -0.25) is 19.8 Å². The Hall–Kier alpha value is -6.80. The third kappa shape index (κ3) is 6.34. The zero-order valence-electron chi connectivity index (χ0n) is 34.0. The molecule has 0 unspecified atom stereocenters. The molecule has 2 aromatic carbocycles. The molecule has 2 atom stereocenters. The van der Waals surface area contributed by atoms with Crippen molar-refractivity contribution >= 4 is 34.8 Å². The van der Waals surface area contributed by atoms with Crippen molar-refractivity contribution in [2.24, 2.45) is 0 Å². The Kier molecular flexibility index (Phi) is 10.2. The van der Waals surface area contributed by atoms with Crippen molar-refractivity contribution < 1.29 is 36.6 Å². The van der Waals surface area contributed by atoms with Gasteiger partial charge in [0.15, 0.2) is 23.3 Å². The van der Waals surface area contributed by atoms with Crippen LogP contribution in [0, 0.1) is 23.3 Å². The first-order valence-corrected chi connectivity index (χ1v) is 19.9. The number of nitrogens with one attached hydrogen (secondary N) is 2. The van der Waals surface area contributed by atoms with E-state index >= 15 is 0 Å². The van der Waals surface area contributed by atoms with E-state index in [0.29, 0.717) is 96.3 Å². The number of hydrogen-bond donors (Lipinski definition) is 2. The zero-order chi connectivity index (χ0) is 43.5. The van der Waals surface area contributed by atoms with Gasteiger partial charge in [-0.25, -0.2) is 37.5 Å². The van der Waals surface area contributed by atoms with E-state index in [-0.39, 0.29) is 36.2 Å². The van der Waals surface area contributed by atoms with Gasteiger partial charge in [-0.15, -0.1) is 0 Å². The molecule has 2 saturated heterocycles. The quantitative estimate of drug-likeness (QED) is 0.201. The van der Waals surface area contributed by atoms with Gasteiger partial charge in [0, 0.05) is 50.4 Å². The Labute approximate surface area is 351 Å². The molecule has 8 heterocycles. The Morgan fingerprint density at radius 1 is 0.629 bits per heavy atom. The lowest BCUT2D eigenvalue weighted by molar-refractivity contribution is -0.129. The molecule has 2 amide bonds. The highest BCUT2D eigenvalue weighted by atomic mass is 19.1. The number of nitrogens with zero attached hydrogens (tertiary/aromatic N) is 10. The number of fused-ring (bicyclic) bond motifs is 6. The maximum atomic E-state index is 14.4. The standard InChI is InChI=1S/2C21H20F2N6O2/c2*1-3-21-11-31-7-6-29(21)19-16(28(2)20(21)30)10-24-18(26-19)14-9-25-27-17(14)13-5-4-12(22)8-15(13)23/h2*4-5,8-10H,3,6-7,11H2,1-2H3,(H,25,27)/t2*21-/m10/s1. The van der Waals surface area contributed by atoms with Gasteiger partial charge in [0.2, 0.25) is 0 Å². The Morgan fingerprint density at radius 2 is 1.05 bits per heavy atom. The molecule has 0 spiro atoms. The molecule has 20 heteroatoms. The van der Waals surface area contributed by atoms with Crippen LogP contribution in [0.3, 0.4) is 0 Å². The SMILES string of the molecule is CC[C@@]12COCCN1c1nc(-c3cn[nH]c3-c3ccc(F)cc3F)ncc1N(C)C2=O.CC[C@]12COCCN1c1nc(-c3cn[nH]c3-c3ccc(F)cc3F)ncc1N(C)C2=O. The largest absolute Gasteiger partial charge is 0.377 e. The first-order chi connectivity index (χ1) is 29.9. The molecule has 2 N–H and O–H groups in total. The number of ether oxygens (including phenoxy) is 2. The van der Waals surface area contributed by atoms with E-state index in [1.807, 2.05) is 23.6 Å². The highest BCUT2D eigenvalue weighted by Gasteiger charge is 2.53. The number of H-pyrrole nitrogens is 2. The van der Waals surface area contributed by atoms with Crippen molar-refractivity contribution in [2.45, 2.75) is 37.8 Å². The van der Waals surface area contributed by atoms with Gasteiger partial charge in [0.1, 0.15) is 45.7 Å². The topological polar surface area (TPSA) is 174 Å². The van der Waals surface area contributed by atoms with Crippen molar-refractivity contribution in [2.75, 3.05) is 73.2 Å². The second kappa shape index (κ2) is 15.6. The number of amides is 2. The number of hydrogen-bond acceptors (Lipinski definition) is 12. The number of carbonyl (C=O) groups is 2. The van der Waals surface area contributed by atoms with Crippen molar-refractivity contribution in [1.82, 2.24) is 40.3 Å². The molecule has 16 nitrogen and oxygen atoms in total. The smallest absolute Gasteiger partial charge is 0.255 e. The molecule has 0 bridgehead atoms. The van der Waals surface area contributed by atoms with Gasteiger partial charge in [0.25, 0.3) is 11.8 Å². The summed E-state index contributed by atoms with van der Waals surface area (Å²) < 4.78 is 66.8. The van der Waals surface area contributed by atoms with Crippen molar-refractivity contribution in [3.63, 3.8) is 0 Å². The van der Waals surface area contributed by atoms with E-state index in [0.717, 1.165) is 12.1 Å². The predicted molar refractivity (Wildman–Crippen MR) is 219 cm³/mol. The van der Waals surface area contributed by atoms with Gasteiger partial charge < -0.3 is 29.1 Å². The summed E-state index contributed by atoms with van der Waals surface area (Å²) in [5, 5.41) is 13.6. The van der Waals surface area contributed by atoms with Crippen molar-refractivity contribution in [1.29, 1.82) is 0 Å². The van der Waals surface area contributed by atoms with Crippen LogP contribution in [-0.4, -0.2) is 117 Å².